The first-order chi connectivity index (χ1) is 8.09. The second kappa shape index (κ2) is 5.38. The Labute approximate surface area is 105 Å². The molecule has 2 aliphatic rings. The van der Waals surface area contributed by atoms with Crippen molar-refractivity contribution in [3.05, 3.63) is 0 Å². The van der Waals surface area contributed by atoms with Crippen molar-refractivity contribution in [1.82, 2.24) is 4.90 Å². The summed E-state index contributed by atoms with van der Waals surface area (Å²) in [5.41, 5.74) is 6.01. The fourth-order valence-electron chi connectivity index (χ4n) is 3.43. The number of hydrogen-bond acceptors (Lipinski definition) is 2. The highest BCUT2D eigenvalue weighted by molar-refractivity contribution is 5.79. The van der Waals surface area contributed by atoms with Gasteiger partial charge in [-0.25, -0.2) is 0 Å². The zero-order chi connectivity index (χ0) is 12.4. The molecule has 2 saturated carbocycles. The Morgan fingerprint density at radius 3 is 2.47 bits per heavy atom. The Morgan fingerprint density at radius 2 is 1.82 bits per heavy atom. The van der Waals surface area contributed by atoms with Crippen molar-refractivity contribution in [2.24, 2.45) is 17.6 Å². The molecule has 3 heteroatoms. The van der Waals surface area contributed by atoms with Gasteiger partial charge in [-0.3, -0.25) is 4.79 Å². The van der Waals surface area contributed by atoms with Crippen LogP contribution in [0, 0.1) is 11.8 Å². The lowest BCUT2D eigenvalue weighted by atomic mass is 9.77. The SMILES string of the molecule is CC1CCC(N)CC1C(=O)N(C)C1CCCC1. The molecule has 3 atom stereocenters. The molecular weight excluding hydrogens is 212 g/mol. The largest absolute Gasteiger partial charge is 0.343 e. The molecule has 0 spiro atoms. The molecule has 0 aromatic rings. The summed E-state index contributed by atoms with van der Waals surface area (Å²) in [6.45, 7) is 2.21. The van der Waals surface area contributed by atoms with E-state index in [9.17, 15) is 4.79 Å². The predicted octanol–water partition coefficient (Wildman–Crippen LogP) is 2.15. The molecule has 1 amide bonds. The third kappa shape index (κ3) is 2.82. The minimum absolute atomic E-state index is 0.171. The van der Waals surface area contributed by atoms with Crippen LogP contribution >= 0.6 is 0 Å². The summed E-state index contributed by atoms with van der Waals surface area (Å²) in [6, 6.07) is 0.727. The summed E-state index contributed by atoms with van der Waals surface area (Å²) in [6.07, 6.45) is 8.01. The Morgan fingerprint density at radius 1 is 1.18 bits per heavy atom. The number of nitrogens with two attached hydrogens (primary N) is 1. The molecule has 0 bridgehead atoms. The number of carbonyl (C=O) groups is 1. The van der Waals surface area contributed by atoms with Gasteiger partial charge < -0.3 is 10.6 Å². The van der Waals surface area contributed by atoms with Crippen LogP contribution in [0.1, 0.15) is 51.9 Å². The summed E-state index contributed by atoms with van der Waals surface area (Å²) < 4.78 is 0. The lowest BCUT2D eigenvalue weighted by Gasteiger charge is -2.36. The van der Waals surface area contributed by atoms with E-state index in [0.717, 1.165) is 19.3 Å². The van der Waals surface area contributed by atoms with Gasteiger partial charge in [0.15, 0.2) is 0 Å². The molecule has 2 aliphatic carbocycles. The molecule has 3 unspecified atom stereocenters. The van der Waals surface area contributed by atoms with Crippen molar-refractivity contribution in [3.8, 4) is 0 Å². The molecule has 2 N–H and O–H groups in total. The summed E-state index contributed by atoms with van der Waals surface area (Å²) in [7, 11) is 1.99. The molecular formula is C14H26N2O. The van der Waals surface area contributed by atoms with E-state index in [1.165, 1.54) is 25.7 Å². The number of nitrogens with zero attached hydrogens (tertiary/aromatic N) is 1. The molecule has 98 valence electrons. The fourth-order valence-corrected chi connectivity index (χ4v) is 3.43. The lowest BCUT2D eigenvalue weighted by molar-refractivity contribution is -0.139. The molecule has 17 heavy (non-hydrogen) atoms. The highest BCUT2D eigenvalue weighted by Gasteiger charge is 2.35. The van der Waals surface area contributed by atoms with Gasteiger partial charge in [0.2, 0.25) is 5.91 Å². The third-order valence-corrected chi connectivity index (χ3v) is 4.77. The first-order valence-electron chi connectivity index (χ1n) is 7.12. The van der Waals surface area contributed by atoms with E-state index in [1.807, 2.05) is 11.9 Å². The van der Waals surface area contributed by atoms with E-state index in [1.54, 1.807) is 0 Å². The second-order valence-electron chi connectivity index (χ2n) is 6.04. The average molecular weight is 238 g/mol. The predicted molar refractivity (Wildman–Crippen MR) is 69.5 cm³/mol. The Balaban J connectivity index is 1.97. The van der Waals surface area contributed by atoms with E-state index in [4.69, 9.17) is 5.73 Å². The van der Waals surface area contributed by atoms with Gasteiger partial charge in [0.25, 0.3) is 0 Å². The highest BCUT2D eigenvalue weighted by Crippen LogP contribution is 2.32. The van der Waals surface area contributed by atoms with Gasteiger partial charge in [-0.2, -0.15) is 0 Å². The van der Waals surface area contributed by atoms with Crippen LogP contribution in [0.2, 0.25) is 0 Å². The van der Waals surface area contributed by atoms with Crippen molar-refractivity contribution in [3.63, 3.8) is 0 Å². The summed E-state index contributed by atoms with van der Waals surface area (Å²) in [4.78, 5) is 14.5. The first kappa shape index (κ1) is 12.9. The van der Waals surface area contributed by atoms with Crippen molar-refractivity contribution in [2.75, 3.05) is 7.05 Å². The van der Waals surface area contributed by atoms with Crippen molar-refractivity contribution < 1.29 is 4.79 Å². The molecule has 0 aromatic heterocycles. The fraction of sp³-hybridized carbons (Fsp3) is 0.929. The minimum Gasteiger partial charge on any atom is -0.343 e. The van der Waals surface area contributed by atoms with Crippen molar-refractivity contribution in [2.45, 2.75) is 64.0 Å². The van der Waals surface area contributed by atoms with Crippen LogP contribution in [-0.4, -0.2) is 29.9 Å². The van der Waals surface area contributed by atoms with Gasteiger partial charge in [0, 0.05) is 25.0 Å². The van der Waals surface area contributed by atoms with E-state index in [2.05, 4.69) is 6.92 Å². The van der Waals surface area contributed by atoms with Gasteiger partial charge in [-0.05, 0) is 38.0 Å². The zero-order valence-electron chi connectivity index (χ0n) is 11.2. The van der Waals surface area contributed by atoms with Crippen LogP contribution in [0.15, 0.2) is 0 Å². The topological polar surface area (TPSA) is 46.3 Å². The van der Waals surface area contributed by atoms with Gasteiger partial charge in [-0.1, -0.05) is 19.8 Å². The van der Waals surface area contributed by atoms with E-state index < -0.39 is 0 Å². The van der Waals surface area contributed by atoms with E-state index in [-0.39, 0.29) is 12.0 Å². The maximum atomic E-state index is 12.5. The Bertz CT molecular complexity index is 273. The molecule has 2 fully saturated rings. The monoisotopic (exact) mass is 238 g/mol. The summed E-state index contributed by atoms with van der Waals surface area (Å²) >= 11 is 0. The normalized spacial score (nSPS) is 34.9. The van der Waals surface area contributed by atoms with Gasteiger partial charge in [-0.15, -0.1) is 0 Å². The Kier molecular flexibility index (Phi) is 4.08. The number of rotatable bonds is 2. The second-order valence-corrected chi connectivity index (χ2v) is 6.04. The molecule has 0 saturated heterocycles. The maximum absolute atomic E-state index is 12.5. The number of carbonyl (C=O) groups excluding carboxylic acids is 1. The number of hydrogen-bond donors (Lipinski definition) is 1. The quantitative estimate of drug-likeness (QED) is 0.801. The molecule has 0 heterocycles. The highest BCUT2D eigenvalue weighted by atomic mass is 16.2. The van der Waals surface area contributed by atoms with Crippen LogP contribution in [0.5, 0.6) is 0 Å². The van der Waals surface area contributed by atoms with Crippen LogP contribution < -0.4 is 5.73 Å². The van der Waals surface area contributed by atoms with Crippen LogP contribution in [0.3, 0.4) is 0 Å². The Hall–Kier alpha value is -0.570. The number of amides is 1. The molecule has 0 radical (unpaired) electrons. The lowest BCUT2D eigenvalue weighted by Crippen LogP contribution is -2.45. The summed E-state index contributed by atoms with van der Waals surface area (Å²) in [5, 5.41) is 0. The van der Waals surface area contributed by atoms with Crippen molar-refractivity contribution >= 4 is 5.91 Å². The molecule has 0 aliphatic heterocycles. The standard InChI is InChI=1S/C14H26N2O/c1-10-7-8-11(15)9-13(10)14(17)16(2)12-5-3-4-6-12/h10-13H,3-9,15H2,1-2H3. The molecule has 0 aromatic carbocycles. The van der Waals surface area contributed by atoms with Gasteiger partial charge in [0.05, 0.1) is 0 Å². The van der Waals surface area contributed by atoms with E-state index >= 15 is 0 Å². The van der Waals surface area contributed by atoms with Gasteiger partial charge in [0.1, 0.15) is 0 Å². The first-order valence-corrected chi connectivity index (χ1v) is 7.12. The van der Waals surface area contributed by atoms with Crippen LogP contribution in [-0.2, 0) is 4.79 Å². The summed E-state index contributed by atoms with van der Waals surface area (Å²) in [5.74, 6) is 1.02. The average Bonchev–Trinajstić information content (AvgIpc) is 2.84. The maximum Gasteiger partial charge on any atom is 0.225 e. The molecule has 3 nitrogen and oxygen atoms in total. The van der Waals surface area contributed by atoms with Gasteiger partial charge >= 0.3 is 0 Å². The van der Waals surface area contributed by atoms with Crippen LogP contribution in [0.4, 0.5) is 0 Å². The van der Waals surface area contributed by atoms with Crippen molar-refractivity contribution in [1.29, 1.82) is 0 Å². The minimum atomic E-state index is 0.171. The zero-order valence-corrected chi connectivity index (χ0v) is 11.2. The third-order valence-electron chi connectivity index (χ3n) is 4.77. The van der Waals surface area contributed by atoms with E-state index in [0.29, 0.717) is 17.9 Å². The smallest absolute Gasteiger partial charge is 0.225 e. The molecule has 2 rings (SSSR count). The van der Waals surface area contributed by atoms with Crippen LogP contribution in [0.25, 0.3) is 0 Å².